The Morgan fingerprint density at radius 2 is 2.00 bits per heavy atom. The van der Waals surface area contributed by atoms with Gasteiger partial charge in [0.25, 0.3) is 0 Å². The van der Waals surface area contributed by atoms with E-state index in [9.17, 15) is 9.59 Å². The maximum Gasteiger partial charge on any atom is 0.239 e. The van der Waals surface area contributed by atoms with Gasteiger partial charge in [-0.25, -0.2) is 0 Å². The van der Waals surface area contributed by atoms with E-state index >= 15 is 0 Å². The van der Waals surface area contributed by atoms with E-state index in [1.807, 2.05) is 36.1 Å². The molecule has 0 saturated carbocycles. The number of rotatable bonds is 2. The molecular formula is C19H24N2O3. The number of carbonyl (C=O) groups excluding carboxylic acids is 2. The Bertz CT molecular complexity index is 649. The number of aryl methyl sites for hydroxylation is 1. The van der Waals surface area contributed by atoms with Crippen LogP contribution in [0.15, 0.2) is 24.3 Å². The number of amides is 2. The van der Waals surface area contributed by atoms with E-state index in [1.54, 1.807) is 4.90 Å². The van der Waals surface area contributed by atoms with E-state index in [1.165, 1.54) is 5.56 Å². The third-order valence-electron chi connectivity index (χ3n) is 5.78. The largest absolute Gasteiger partial charge is 0.381 e. The molecule has 3 saturated heterocycles. The smallest absolute Gasteiger partial charge is 0.239 e. The minimum Gasteiger partial charge on any atom is -0.381 e. The molecule has 0 unspecified atom stereocenters. The highest BCUT2D eigenvalue weighted by atomic mass is 16.5. The Morgan fingerprint density at radius 1 is 1.21 bits per heavy atom. The predicted molar refractivity (Wildman–Crippen MR) is 90.7 cm³/mol. The van der Waals surface area contributed by atoms with Gasteiger partial charge in [0.1, 0.15) is 5.92 Å². The van der Waals surface area contributed by atoms with Gasteiger partial charge in [-0.05, 0) is 38.3 Å². The van der Waals surface area contributed by atoms with Crippen LogP contribution in [0.2, 0.25) is 0 Å². The Kier molecular flexibility index (Phi) is 3.83. The normalized spacial score (nSPS) is 29.9. The lowest BCUT2D eigenvalue weighted by molar-refractivity contribution is -0.139. The summed E-state index contributed by atoms with van der Waals surface area (Å²) in [6.07, 6.45) is 2.65. The zero-order chi connectivity index (χ0) is 16.7. The lowest BCUT2D eigenvalue weighted by Gasteiger charge is -2.24. The molecule has 3 heterocycles. The fourth-order valence-corrected chi connectivity index (χ4v) is 4.21. The molecule has 128 valence electrons. The first-order valence-electron chi connectivity index (χ1n) is 8.83. The van der Waals surface area contributed by atoms with Crippen LogP contribution in [0.5, 0.6) is 0 Å². The average Bonchev–Trinajstić information content (AvgIpc) is 3.30. The maximum absolute atomic E-state index is 12.9. The molecule has 4 rings (SSSR count). The Balaban J connectivity index is 1.44. The predicted octanol–water partition coefficient (Wildman–Crippen LogP) is 1.99. The number of ether oxygens (including phenoxy) is 1. The van der Waals surface area contributed by atoms with Crippen molar-refractivity contribution in [2.75, 3.05) is 37.7 Å². The molecule has 0 radical (unpaired) electrons. The van der Waals surface area contributed by atoms with Crippen LogP contribution in [0.25, 0.3) is 0 Å². The minimum atomic E-state index is -0.510. The lowest BCUT2D eigenvalue weighted by atomic mass is 9.87. The fraction of sp³-hybridized carbons (Fsp3) is 0.579. The molecule has 24 heavy (non-hydrogen) atoms. The van der Waals surface area contributed by atoms with Gasteiger partial charge in [0, 0.05) is 37.3 Å². The molecule has 3 fully saturated rings. The van der Waals surface area contributed by atoms with Crippen LogP contribution in [0.1, 0.15) is 24.8 Å². The van der Waals surface area contributed by atoms with Crippen molar-refractivity contribution in [3.63, 3.8) is 0 Å². The van der Waals surface area contributed by atoms with Crippen LogP contribution in [-0.4, -0.2) is 49.6 Å². The zero-order valence-corrected chi connectivity index (χ0v) is 14.2. The second-order valence-corrected chi connectivity index (χ2v) is 7.48. The van der Waals surface area contributed by atoms with Gasteiger partial charge in [0.05, 0.1) is 6.61 Å². The van der Waals surface area contributed by atoms with E-state index in [2.05, 4.69) is 0 Å². The summed E-state index contributed by atoms with van der Waals surface area (Å²) in [5, 5.41) is 0. The Morgan fingerprint density at radius 3 is 2.71 bits per heavy atom. The topological polar surface area (TPSA) is 49.9 Å². The molecule has 1 aromatic carbocycles. The number of hydrogen-bond acceptors (Lipinski definition) is 3. The van der Waals surface area contributed by atoms with Gasteiger partial charge in [-0.1, -0.05) is 17.7 Å². The third-order valence-corrected chi connectivity index (χ3v) is 5.78. The van der Waals surface area contributed by atoms with E-state index in [-0.39, 0.29) is 17.2 Å². The van der Waals surface area contributed by atoms with Gasteiger partial charge < -0.3 is 14.5 Å². The van der Waals surface area contributed by atoms with Crippen molar-refractivity contribution in [2.45, 2.75) is 26.2 Å². The van der Waals surface area contributed by atoms with Crippen LogP contribution in [0.3, 0.4) is 0 Å². The SMILES string of the molecule is Cc1ccc(N2CC[C@H](C(=O)N3CC[C@@]4(CCOC4)C3)C2=O)cc1. The minimum absolute atomic E-state index is 0.0124. The second kappa shape index (κ2) is 5.88. The summed E-state index contributed by atoms with van der Waals surface area (Å²) in [6, 6.07) is 7.92. The third kappa shape index (κ3) is 2.61. The molecule has 2 atom stereocenters. The molecule has 0 aromatic heterocycles. The highest BCUT2D eigenvalue weighted by Crippen LogP contribution is 2.39. The highest BCUT2D eigenvalue weighted by molar-refractivity contribution is 6.09. The zero-order valence-electron chi connectivity index (χ0n) is 14.2. The monoisotopic (exact) mass is 328 g/mol. The number of nitrogens with zero attached hydrogens (tertiary/aromatic N) is 2. The first-order chi connectivity index (χ1) is 11.6. The highest BCUT2D eigenvalue weighted by Gasteiger charge is 2.46. The van der Waals surface area contributed by atoms with Crippen molar-refractivity contribution >= 4 is 17.5 Å². The summed E-state index contributed by atoms with van der Waals surface area (Å²) in [5.74, 6) is -0.547. The number of carbonyl (C=O) groups is 2. The summed E-state index contributed by atoms with van der Waals surface area (Å²) in [4.78, 5) is 29.3. The van der Waals surface area contributed by atoms with Crippen molar-refractivity contribution in [3.05, 3.63) is 29.8 Å². The molecule has 5 nitrogen and oxygen atoms in total. The summed E-state index contributed by atoms with van der Waals surface area (Å²) in [5.41, 5.74) is 2.20. The van der Waals surface area contributed by atoms with Crippen LogP contribution >= 0.6 is 0 Å². The molecule has 1 spiro atoms. The molecule has 5 heteroatoms. The molecule has 1 aromatic rings. The fourth-order valence-electron chi connectivity index (χ4n) is 4.21. The maximum atomic E-state index is 12.9. The summed E-state index contributed by atoms with van der Waals surface area (Å²) in [7, 11) is 0. The molecular weight excluding hydrogens is 304 g/mol. The van der Waals surface area contributed by atoms with Crippen LogP contribution < -0.4 is 4.90 Å². The van der Waals surface area contributed by atoms with Crippen LogP contribution in [-0.2, 0) is 14.3 Å². The number of anilines is 1. The standard InChI is InChI=1S/C19H24N2O3/c1-14-2-4-15(5-3-14)21-9-6-16(18(21)23)17(22)20-10-7-19(12-20)8-11-24-13-19/h2-5,16H,6-13H2,1H3/t16-,19-/m1/s1. The Labute approximate surface area is 142 Å². The van der Waals surface area contributed by atoms with E-state index in [4.69, 9.17) is 4.74 Å². The van der Waals surface area contributed by atoms with Crippen LogP contribution in [0.4, 0.5) is 5.69 Å². The summed E-state index contributed by atoms with van der Waals surface area (Å²) >= 11 is 0. The summed E-state index contributed by atoms with van der Waals surface area (Å²) in [6.45, 7) is 5.71. The summed E-state index contributed by atoms with van der Waals surface area (Å²) < 4.78 is 5.53. The van der Waals surface area contributed by atoms with Gasteiger partial charge in [0.15, 0.2) is 0 Å². The van der Waals surface area contributed by atoms with Crippen molar-refractivity contribution in [3.8, 4) is 0 Å². The molecule has 2 amide bonds. The van der Waals surface area contributed by atoms with Gasteiger partial charge in [-0.15, -0.1) is 0 Å². The Hall–Kier alpha value is -1.88. The number of hydrogen-bond donors (Lipinski definition) is 0. The van der Waals surface area contributed by atoms with E-state index in [0.717, 1.165) is 44.8 Å². The molecule has 0 N–H and O–H groups in total. The number of likely N-dealkylation sites (tertiary alicyclic amines) is 1. The molecule has 0 bridgehead atoms. The number of benzene rings is 1. The van der Waals surface area contributed by atoms with Crippen molar-refractivity contribution < 1.29 is 14.3 Å². The van der Waals surface area contributed by atoms with Crippen molar-refractivity contribution in [1.82, 2.24) is 4.90 Å². The van der Waals surface area contributed by atoms with Crippen molar-refractivity contribution in [2.24, 2.45) is 11.3 Å². The molecule has 3 aliphatic rings. The molecule has 3 aliphatic heterocycles. The second-order valence-electron chi connectivity index (χ2n) is 7.48. The van der Waals surface area contributed by atoms with Crippen molar-refractivity contribution in [1.29, 1.82) is 0 Å². The van der Waals surface area contributed by atoms with Gasteiger partial charge in [-0.2, -0.15) is 0 Å². The van der Waals surface area contributed by atoms with E-state index < -0.39 is 5.92 Å². The first-order valence-corrected chi connectivity index (χ1v) is 8.83. The van der Waals surface area contributed by atoms with Crippen LogP contribution in [0, 0.1) is 18.3 Å². The average molecular weight is 328 g/mol. The van der Waals surface area contributed by atoms with E-state index in [0.29, 0.717) is 13.0 Å². The van der Waals surface area contributed by atoms with Gasteiger partial charge in [0.2, 0.25) is 11.8 Å². The molecule has 0 aliphatic carbocycles. The first kappa shape index (κ1) is 15.6. The lowest BCUT2D eigenvalue weighted by Crippen LogP contribution is -2.40. The van der Waals surface area contributed by atoms with Gasteiger partial charge >= 0.3 is 0 Å². The van der Waals surface area contributed by atoms with Gasteiger partial charge in [-0.3, -0.25) is 9.59 Å². The quantitative estimate of drug-likeness (QED) is 0.780.